The minimum Gasteiger partial charge on any atom is -0.310 e. The fourth-order valence-electron chi connectivity index (χ4n) is 2.64. The maximum Gasteiger partial charge on any atom is 0.0847 e. The molecule has 1 aromatic heterocycles. The lowest BCUT2D eigenvalue weighted by Crippen LogP contribution is -2.24. The molecule has 3 nitrogen and oxygen atoms in total. The van der Waals surface area contributed by atoms with Crippen molar-refractivity contribution in [1.29, 1.82) is 0 Å². The second-order valence-electron chi connectivity index (χ2n) is 5.24. The van der Waals surface area contributed by atoms with E-state index < -0.39 is 0 Å². The first-order valence-corrected chi connectivity index (χ1v) is 7.87. The Bertz CT molecular complexity index is 635. The zero-order valence-electron chi connectivity index (χ0n) is 12.9. The molecule has 21 heavy (non-hydrogen) atoms. The zero-order chi connectivity index (χ0) is 15.6. The Balaban J connectivity index is 2.38. The normalized spacial score (nSPS) is 12.7. The average molecular weight is 326 g/mol. The van der Waals surface area contributed by atoms with Gasteiger partial charge in [0.15, 0.2) is 0 Å². The van der Waals surface area contributed by atoms with Crippen molar-refractivity contribution in [3.05, 3.63) is 50.8 Å². The van der Waals surface area contributed by atoms with Crippen LogP contribution in [0, 0.1) is 13.8 Å². The predicted molar refractivity (Wildman–Crippen MR) is 89.3 cm³/mol. The summed E-state index contributed by atoms with van der Waals surface area (Å²) in [7, 11) is 1.93. The number of rotatable bonds is 5. The number of benzene rings is 1. The number of aryl methyl sites for hydroxylation is 2. The monoisotopic (exact) mass is 325 g/mol. The van der Waals surface area contributed by atoms with Gasteiger partial charge in [0.05, 0.1) is 16.4 Å². The molecule has 1 atom stereocenters. The van der Waals surface area contributed by atoms with Gasteiger partial charge < -0.3 is 5.32 Å². The molecule has 2 aromatic rings. The van der Waals surface area contributed by atoms with Crippen LogP contribution in [0.3, 0.4) is 0 Å². The van der Waals surface area contributed by atoms with E-state index in [4.69, 9.17) is 23.2 Å². The van der Waals surface area contributed by atoms with Crippen molar-refractivity contribution in [3.8, 4) is 0 Å². The van der Waals surface area contributed by atoms with Gasteiger partial charge in [0.2, 0.25) is 0 Å². The van der Waals surface area contributed by atoms with Crippen molar-refractivity contribution >= 4 is 23.2 Å². The summed E-state index contributed by atoms with van der Waals surface area (Å²) in [5.41, 5.74) is 4.23. The molecule has 0 saturated carbocycles. The summed E-state index contributed by atoms with van der Waals surface area (Å²) in [4.78, 5) is 0. The van der Waals surface area contributed by atoms with Gasteiger partial charge in [-0.1, -0.05) is 42.3 Å². The summed E-state index contributed by atoms with van der Waals surface area (Å²) in [6.45, 7) is 6.96. The smallest absolute Gasteiger partial charge is 0.0847 e. The van der Waals surface area contributed by atoms with Crippen molar-refractivity contribution in [2.75, 3.05) is 6.54 Å². The van der Waals surface area contributed by atoms with Crippen LogP contribution in [-0.2, 0) is 13.5 Å². The van der Waals surface area contributed by atoms with E-state index in [1.165, 1.54) is 5.56 Å². The third-order valence-electron chi connectivity index (χ3n) is 3.79. The van der Waals surface area contributed by atoms with E-state index in [2.05, 4.69) is 30.3 Å². The zero-order valence-corrected chi connectivity index (χ0v) is 14.4. The van der Waals surface area contributed by atoms with Gasteiger partial charge >= 0.3 is 0 Å². The molecule has 2 rings (SSSR count). The molecule has 1 unspecified atom stereocenters. The second kappa shape index (κ2) is 6.82. The van der Waals surface area contributed by atoms with Crippen molar-refractivity contribution in [2.24, 2.45) is 7.05 Å². The molecule has 114 valence electrons. The van der Waals surface area contributed by atoms with Gasteiger partial charge in [-0.15, -0.1) is 0 Å². The van der Waals surface area contributed by atoms with Crippen molar-refractivity contribution < 1.29 is 0 Å². The highest BCUT2D eigenvalue weighted by Gasteiger charge is 2.19. The number of likely N-dealkylation sites (N-methyl/N-ethyl adjacent to an activating group) is 1. The van der Waals surface area contributed by atoms with Gasteiger partial charge in [0, 0.05) is 24.5 Å². The van der Waals surface area contributed by atoms with Crippen LogP contribution in [0.25, 0.3) is 0 Å². The quantitative estimate of drug-likeness (QED) is 0.891. The highest BCUT2D eigenvalue weighted by atomic mass is 35.5. The molecule has 0 saturated heterocycles. The maximum atomic E-state index is 6.38. The summed E-state index contributed by atoms with van der Waals surface area (Å²) in [5, 5.41) is 9.45. The summed E-state index contributed by atoms with van der Waals surface area (Å²) in [6.07, 6.45) is 0.783. The number of nitrogens with zero attached hydrogens (tertiary/aromatic N) is 2. The lowest BCUT2D eigenvalue weighted by molar-refractivity contribution is 0.527. The Labute approximate surface area is 136 Å². The Morgan fingerprint density at radius 1 is 1.29 bits per heavy atom. The van der Waals surface area contributed by atoms with E-state index in [0.29, 0.717) is 0 Å². The lowest BCUT2D eigenvalue weighted by atomic mass is 9.97. The van der Waals surface area contributed by atoms with E-state index in [1.54, 1.807) is 0 Å². The third kappa shape index (κ3) is 3.42. The van der Waals surface area contributed by atoms with Crippen LogP contribution in [-0.4, -0.2) is 16.3 Å². The molecule has 0 amide bonds. The van der Waals surface area contributed by atoms with Crippen LogP contribution >= 0.6 is 23.2 Å². The lowest BCUT2D eigenvalue weighted by Gasteiger charge is -2.21. The molecule has 1 aromatic carbocycles. The highest BCUT2D eigenvalue weighted by molar-refractivity contribution is 6.32. The van der Waals surface area contributed by atoms with Crippen LogP contribution in [0.2, 0.25) is 10.0 Å². The summed E-state index contributed by atoms with van der Waals surface area (Å²) < 4.78 is 1.86. The Morgan fingerprint density at radius 3 is 2.57 bits per heavy atom. The third-order valence-corrected chi connectivity index (χ3v) is 4.70. The first-order chi connectivity index (χ1) is 9.95. The summed E-state index contributed by atoms with van der Waals surface area (Å²) >= 11 is 12.6. The molecule has 1 N–H and O–H groups in total. The van der Waals surface area contributed by atoms with Crippen LogP contribution in [0.4, 0.5) is 0 Å². The van der Waals surface area contributed by atoms with Gasteiger partial charge in [-0.3, -0.25) is 4.68 Å². The van der Waals surface area contributed by atoms with Crippen LogP contribution in [0.5, 0.6) is 0 Å². The topological polar surface area (TPSA) is 29.9 Å². The largest absolute Gasteiger partial charge is 0.310 e. The minimum atomic E-state index is 0.168. The first-order valence-electron chi connectivity index (χ1n) is 7.12. The second-order valence-corrected chi connectivity index (χ2v) is 6.02. The summed E-state index contributed by atoms with van der Waals surface area (Å²) in [5.74, 6) is 0. The predicted octanol–water partition coefficient (Wildman–Crippen LogP) is 4.24. The number of halogens is 2. The molecule has 0 aliphatic carbocycles. The van der Waals surface area contributed by atoms with Crippen molar-refractivity contribution in [1.82, 2.24) is 15.1 Å². The molecule has 0 bridgehead atoms. The van der Waals surface area contributed by atoms with Crippen LogP contribution < -0.4 is 5.32 Å². The highest BCUT2D eigenvalue weighted by Crippen LogP contribution is 2.29. The Kier molecular flexibility index (Phi) is 5.31. The number of nitrogens with one attached hydrogen (secondary N) is 1. The molecular formula is C16H21Cl2N3. The average Bonchev–Trinajstić information content (AvgIpc) is 2.68. The van der Waals surface area contributed by atoms with E-state index in [9.17, 15) is 0 Å². The molecular weight excluding hydrogens is 305 g/mol. The van der Waals surface area contributed by atoms with Gasteiger partial charge in [0.1, 0.15) is 0 Å². The number of hydrogen-bond acceptors (Lipinski definition) is 2. The molecule has 0 fully saturated rings. The van der Waals surface area contributed by atoms with Crippen molar-refractivity contribution in [2.45, 2.75) is 33.2 Å². The molecule has 0 aliphatic rings. The number of hydrogen-bond donors (Lipinski definition) is 1. The van der Waals surface area contributed by atoms with Gasteiger partial charge in [-0.25, -0.2) is 0 Å². The molecule has 0 aliphatic heterocycles. The first kappa shape index (κ1) is 16.3. The molecule has 0 spiro atoms. The molecule has 5 heteroatoms. The minimum absolute atomic E-state index is 0.168. The maximum absolute atomic E-state index is 6.38. The van der Waals surface area contributed by atoms with E-state index >= 15 is 0 Å². The van der Waals surface area contributed by atoms with Crippen LogP contribution in [0.15, 0.2) is 18.2 Å². The van der Waals surface area contributed by atoms with E-state index in [0.717, 1.165) is 40.0 Å². The van der Waals surface area contributed by atoms with E-state index in [1.807, 2.05) is 30.8 Å². The summed E-state index contributed by atoms with van der Waals surface area (Å²) in [6, 6.07) is 6.20. The fraction of sp³-hybridized carbons (Fsp3) is 0.438. The van der Waals surface area contributed by atoms with Gasteiger partial charge in [-0.05, 0) is 37.6 Å². The Morgan fingerprint density at radius 2 is 2.00 bits per heavy atom. The standard InChI is InChI=1S/C16H21Cl2N3/c1-5-19-14(12-7-6-8-13(17)10(12)2)9-15-16(18)11(3)20-21(15)4/h6-8,14,19H,5,9H2,1-4H3. The van der Waals surface area contributed by atoms with Gasteiger partial charge in [0.25, 0.3) is 0 Å². The van der Waals surface area contributed by atoms with Crippen LogP contribution in [0.1, 0.15) is 35.5 Å². The SMILES string of the molecule is CCNC(Cc1c(Cl)c(C)nn1C)c1cccc(Cl)c1C. The van der Waals surface area contributed by atoms with Gasteiger partial charge in [-0.2, -0.15) is 5.10 Å². The molecule has 0 radical (unpaired) electrons. The fourth-order valence-corrected chi connectivity index (χ4v) is 3.05. The van der Waals surface area contributed by atoms with Crippen molar-refractivity contribution in [3.63, 3.8) is 0 Å². The molecule has 1 heterocycles. The van der Waals surface area contributed by atoms with E-state index in [-0.39, 0.29) is 6.04 Å². The Hall–Kier alpha value is -1.03. The number of aromatic nitrogens is 2.